The summed E-state index contributed by atoms with van der Waals surface area (Å²) >= 11 is 0. The van der Waals surface area contributed by atoms with Crippen LogP contribution in [0.3, 0.4) is 0 Å². The number of nitrogens with one attached hydrogen (secondary N) is 1. The number of nitrogen functional groups attached to an aromatic ring is 1. The van der Waals surface area contributed by atoms with E-state index >= 15 is 0 Å². The molecule has 6 nitrogen and oxygen atoms in total. The van der Waals surface area contributed by atoms with Crippen LogP contribution in [0.1, 0.15) is 24.3 Å². The first-order chi connectivity index (χ1) is 7.41. The molecule has 1 atom stereocenters. The molecule has 0 fully saturated rings. The van der Waals surface area contributed by atoms with Gasteiger partial charge in [-0.2, -0.15) is 5.10 Å². The van der Waals surface area contributed by atoms with Crippen LogP contribution in [0.5, 0.6) is 0 Å². The van der Waals surface area contributed by atoms with Crippen molar-refractivity contribution in [3.63, 3.8) is 0 Å². The van der Waals surface area contributed by atoms with Gasteiger partial charge in [0.05, 0.1) is 11.8 Å². The molecule has 0 aliphatic heterocycles. The normalized spacial score (nSPS) is 12.8. The predicted octanol–water partition coefficient (Wildman–Crippen LogP) is -0.251. The van der Waals surface area contributed by atoms with Crippen molar-refractivity contribution in [1.29, 1.82) is 0 Å². The SMILES string of the molecule is CC(C)C(O)CNC(=O)c1nn(C)cc1N. The van der Waals surface area contributed by atoms with Gasteiger partial charge in [0.1, 0.15) is 0 Å². The molecule has 0 saturated heterocycles. The molecule has 1 rings (SSSR count). The number of aromatic nitrogens is 2. The number of aryl methyl sites for hydroxylation is 1. The van der Waals surface area contributed by atoms with Gasteiger partial charge in [-0.05, 0) is 5.92 Å². The van der Waals surface area contributed by atoms with E-state index < -0.39 is 6.10 Å². The molecule has 0 aliphatic carbocycles. The number of anilines is 1. The maximum atomic E-state index is 11.6. The molecular weight excluding hydrogens is 208 g/mol. The molecule has 4 N–H and O–H groups in total. The Morgan fingerprint density at radius 3 is 2.75 bits per heavy atom. The lowest BCUT2D eigenvalue weighted by Gasteiger charge is -2.14. The lowest BCUT2D eigenvalue weighted by molar-refractivity contribution is 0.0867. The third kappa shape index (κ3) is 2.96. The van der Waals surface area contributed by atoms with Crippen molar-refractivity contribution < 1.29 is 9.90 Å². The van der Waals surface area contributed by atoms with Crippen LogP contribution < -0.4 is 11.1 Å². The van der Waals surface area contributed by atoms with E-state index in [0.717, 1.165) is 0 Å². The minimum Gasteiger partial charge on any atom is -0.396 e. The van der Waals surface area contributed by atoms with Gasteiger partial charge in [0.15, 0.2) is 5.69 Å². The Hall–Kier alpha value is -1.56. The average molecular weight is 226 g/mol. The fourth-order valence-electron chi connectivity index (χ4n) is 1.20. The maximum absolute atomic E-state index is 11.6. The van der Waals surface area contributed by atoms with Crippen LogP contribution in [0.25, 0.3) is 0 Å². The van der Waals surface area contributed by atoms with Crippen LogP contribution in [0.15, 0.2) is 6.20 Å². The highest BCUT2D eigenvalue weighted by Crippen LogP contribution is 2.07. The van der Waals surface area contributed by atoms with Gasteiger partial charge in [-0.15, -0.1) is 0 Å². The Morgan fingerprint density at radius 2 is 2.31 bits per heavy atom. The van der Waals surface area contributed by atoms with Crippen LogP contribution in [0.4, 0.5) is 5.69 Å². The highest BCUT2D eigenvalue weighted by molar-refractivity contribution is 5.96. The number of carbonyl (C=O) groups is 1. The highest BCUT2D eigenvalue weighted by Gasteiger charge is 2.16. The van der Waals surface area contributed by atoms with Gasteiger partial charge in [-0.1, -0.05) is 13.8 Å². The molecule has 0 radical (unpaired) electrons. The van der Waals surface area contributed by atoms with Gasteiger partial charge >= 0.3 is 0 Å². The molecule has 1 aromatic heterocycles. The minimum absolute atomic E-state index is 0.0985. The van der Waals surface area contributed by atoms with E-state index in [2.05, 4.69) is 10.4 Å². The number of aliphatic hydroxyl groups excluding tert-OH is 1. The summed E-state index contributed by atoms with van der Waals surface area (Å²) in [5, 5.41) is 16.0. The molecule has 16 heavy (non-hydrogen) atoms. The molecule has 1 amide bonds. The third-order valence-electron chi connectivity index (χ3n) is 2.31. The first-order valence-electron chi connectivity index (χ1n) is 5.17. The zero-order valence-corrected chi connectivity index (χ0v) is 9.77. The van der Waals surface area contributed by atoms with Gasteiger partial charge in [0.25, 0.3) is 5.91 Å². The number of carbonyl (C=O) groups excluding carboxylic acids is 1. The summed E-state index contributed by atoms with van der Waals surface area (Å²) < 4.78 is 1.48. The fourth-order valence-corrected chi connectivity index (χ4v) is 1.20. The van der Waals surface area contributed by atoms with E-state index in [9.17, 15) is 9.90 Å². The summed E-state index contributed by atoms with van der Waals surface area (Å²) in [6.45, 7) is 3.96. The zero-order valence-electron chi connectivity index (χ0n) is 9.77. The van der Waals surface area contributed by atoms with Gasteiger partial charge < -0.3 is 16.2 Å². The molecule has 0 aliphatic rings. The number of nitrogens with two attached hydrogens (primary N) is 1. The van der Waals surface area contributed by atoms with Crippen molar-refractivity contribution in [3.05, 3.63) is 11.9 Å². The summed E-state index contributed by atoms with van der Waals surface area (Å²) in [4.78, 5) is 11.6. The summed E-state index contributed by atoms with van der Waals surface area (Å²) in [7, 11) is 1.69. The molecule has 1 aromatic rings. The monoisotopic (exact) mass is 226 g/mol. The molecule has 0 spiro atoms. The Labute approximate surface area is 94.4 Å². The topological polar surface area (TPSA) is 93.2 Å². The molecular formula is C10H18N4O2. The summed E-state index contributed by atoms with van der Waals surface area (Å²) in [5.41, 5.74) is 6.13. The van der Waals surface area contributed by atoms with Crippen molar-refractivity contribution in [1.82, 2.24) is 15.1 Å². The number of amides is 1. The van der Waals surface area contributed by atoms with Crippen molar-refractivity contribution in [2.24, 2.45) is 13.0 Å². The Morgan fingerprint density at radius 1 is 1.69 bits per heavy atom. The molecule has 0 bridgehead atoms. The van der Waals surface area contributed by atoms with Crippen molar-refractivity contribution in [2.45, 2.75) is 20.0 Å². The maximum Gasteiger partial charge on any atom is 0.274 e. The van der Waals surface area contributed by atoms with E-state index in [1.165, 1.54) is 4.68 Å². The summed E-state index contributed by atoms with van der Waals surface area (Å²) in [6, 6.07) is 0. The average Bonchev–Trinajstić information content (AvgIpc) is 2.53. The number of rotatable bonds is 4. The summed E-state index contributed by atoms with van der Waals surface area (Å²) in [6.07, 6.45) is 1.00. The Balaban J connectivity index is 2.56. The smallest absolute Gasteiger partial charge is 0.274 e. The van der Waals surface area contributed by atoms with E-state index in [4.69, 9.17) is 5.73 Å². The second-order valence-electron chi connectivity index (χ2n) is 4.13. The second kappa shape index (κ2) is 4.98. The number of nitrogens with zero attached hydrogens (tertiary/aromatic N) is 2. The highest BCUT2D eigenvalue weighted by atomic mass is 16.3. The lowest BCUT2D eigenvalue weighted by Crippen LogP contribution is -2.35. The molecule has 0 aromatic carbocycles. The lowest BCUT2D eigenvalue weighted by atomic mass is 10.1. The van der Waals surface area contributed by atoms with E-state index in [1.807, 2.05) is 13.8 Å². The van der Waals surface area contributed by atoms with Crippen molar-refractivity contribution in [2.75, 3.05) is 12.3 Å². The molecule has 0 saturated carbocycles. The zero-order chi connectivity index (χ0) is 12.3. The van der Waals surface area contributed by atoms with Crippen LogP contribution in [0.2, 0.25) is 0 Å². The van der Waals surface area contributed by atoms with E-state index in [-0.39, 0.29) is 24.1 Å². The van der Waals surface area contributed by atoms with Crippen LogP contribution in [-0.2, 0) is 7.05 Å². The number of aliphatic hydroxyl groups is 1. The van der Waals surface area contributed by atoms with Crippen LogP contribution in [0, 0.1) is 5.92 Å². The van der Waals surface area contributed by atoms with Crippen LogP contribution in [-0.4, -0.2) is 33.4 Å². The fraction of sp³-hybridized carbons (Fsp3) is 0.600. The molecule has 6 heteroatoms. The first-order valence-corrected chi connectivity index (χ1v) is 5.17. The standard InChI is InChI=1S/C10H18N4O2/c1-6(2)8(15)4-12-10(16)9-7(11)5-14(3)13-9/h5-6,8,15H,4,11H2,1-3H3,(H,12,16). The van der Waals surface area contributed by atoms with E-state index in [0.29, 0.717) is 5.69 Å². The molecule has 90 valence electrons. The molecule has 1 heterocycles. The Bertz CT molecular complexity index is 373. The van der Waals surface area contributed by atoms with Gasteiger partial charge in [-0.3, -0.25) is 9.48 Å². The van der Waals surface area contributed by atoms with Crippen LogP contribution >= 0.6 is 0 Å². The second-order valence-corrected chi connectivity index (χ2v) is 4.13. The van der Waals surface area contributed by atoms with Crippen molar-refractivity contribution in [3.8, 4) is 0 Å². The summed E-state index contributed by atoms with van der Waals surface area (Å²) in [5.74, 6) is -0.265. The van der Waals surface area contributed by atoms with Gasteiger partial charge in [0, 0.05) is 19.8 Å². The predicted molar refractivity (Wildman–Crippen MR) is 60.8 cm³/mol. The van der Waals surface area contributed by atoms with Gasteiger partial charge in [-0.25, -0.2) is 0 Å². The number of hydrogen-bond donors (Lipinski definition) is 3. The van der Waals surface area contributed by atoms with E-state index in [1.54, 1.807) is 13.2 Å². The van der Waals surface area contributed by atoms with Crippen molar-refractivity contribution >= 4 is 11.6 Å². The largest absolute Gasteiger partial charge is 0.396 e. The quantitative estimate of drug-likeness (QED) is 0.660. The number of hydrogen-bond acceptors (Lipinski definition) is 4. The minimum atomic E-state index is -0.561. The van der Waals surface area contributed by atoms with Gasteiger partial charge in [0.2, 0.25) is 0 Å². The Kier molecular flexibility index (Phi) is 3.89. The molecule has 1 unspecified atom stereocenters. The first kappa shape index (κ1) is 12.5. The third-order valence-corrected chi connectivity index (χ3v) is 2.31.